The minimum absolute atomic E-state index is 0.0437. The molecule has 1 rings (SSSR count). The molecule has 0 spiro atoms. The minimum atomic E-state index is -0.194. The first kappa shape index (κ1) is 12.3. The molecule has 0 saturated heterocycles. The van der Waals surface area contributed by atoms with Gasteiger partial charge in [0.15, 0.2) is 6.61 Å². The summed E-state index contributed by atoms with van der Waals surface area (Å²) in [5.41, 5.74) is 6.17. The lowest BCUT2D eigenvalue weighted by Crippen LogP contribution is -2.31. The van der Waals surface area contributed by atoms with Crippen molar-refractivity contribution >= 4 is 11.6 Å². The molecule has 0 bridgehead atoms. The molecule has 1 amide bonds. The Balaban J connectivity index is 2.29. The number of benzene rings is 1. The molecule has 3 N–H and O–H groups in total. The van der Waals surface area contributed by atoms with Crippen LogP contribution < -0.4 is 15.8 Å². The number of para-hydroxylation sites is 2. The molecule has 1 aromatic rings. The molecule has 88 valence electrons. The van der Waals surface area contributed by atoms with Gasteiger partial charge >= 0.3 is 0 Å². The van der Waals surface area contributed by atoms with Gasteiger partial charge in [-0.15, -0.1) is 0 Å². The van der Waals surface area contributed by atoms with Crippen LogP contribution in [0.15, 0.2) is 24.3 Å². The predicted octanol–water partition coefficient (Wildman–Crippen LogP) is 0.410. The average Bonchev–Trinajstić information content (AvgIpc) is 2.28. The highest BCUT2D eigenvalue weighted by molar-refractivity contribution is 5.77. The Morgan fingerprint density at radius 1 is 1.44 bits per heavy atom. The molecule has 0 atom stereocenters. The fraction of sp³-hybridized carbons (Fsp3) is 0.364. The van der Waals surface area contributed by atoms with Crippen molar-refractivity contribution in [2.75, 3.05) is 32.6 Å². The van der Waals surface area contributed by atoms with Gasteiger partial charge in [0.1, 0.15) is 5.75 Å². The number of hydrogen-bond acceptors (Lipinski definition) is 4. The number of nitrogens with one attached hydrogen (secondary N) is 1. The number of amides is 1. The van der Waals surface area contributed by atoms with E-state index in [0.29, 0.717) is 24.6 Å². The smallest absolute Gasteiger partial charge is 0.258 e. The maximum absolute atomic E-state index is 11.3. The van der Waals surface area contributed by atoms with Gasteiger partial charge in [-0.3, -0.25) is 4.79 Å². The lowest BCUT2D eigenvalue weighted by atomic mass is 10.3. The molecular formula is C11H16N2O3. The van der Waals surface area contributed by atoms with Gasteiger partial charge in [0.2, 0.25) is 0 Å². The number of rotatable bonds is 6. The van der Waals surface area contributed by atoms with Crippen LogP contribution in [0.1, 0.15) is 0 Å². The Labute approximate surface area is 94.5 Å². The van der Waals surface area contributed by atoms with E-state index in [2.05, 4.69) is 5.32 Å². The van der Waals surface area contributed by atoms with Gasteiger partial charge in [0.25, 0.3) is 5.91 Å². The third-order valence-corrected chi connectivity index (χ3v) is 1.91. The number of carbonyl (C=O) groups excluding carboxylic acids is 1. The largest absolute Gasteiger partial charge is 0.482 e. The standard InChI is InChI=1S/C11H16N2O3/c1-15-7-6-13-11(14)8-16-10-5-3-2-4-9(10)12/h2-5H,6-8,12H2,1H3,(H,13,14). The topological polar surface area (TPSA) is 73.6 Å². The van der Waals surface area contributed by atoms with Crippen molar-refractivity contribution in [1.29, 1.82) is 0 Å². The fourth-order valence-electron chi connectivity index (χ4n) is 1.10. The van der Waals surface area contributed by atoms with Crippen LogP contribution in [0.5, 0.6) is 5.75 Å². The van der Waals surface area contributed by atoms with E-state index >= 15 is 0 Å². The number of ether oxygens (including phenoxy) is 2. The van der Waals surface area contributed by atoms with Gasteiger partial charge in [0, 0.05) is 13.7 Å². The van der Waals surface area contributed by atoms with Gasteiger partial charge in [-0.05, 0) is 12.1 Å². The second kappa shape index (κ2) is 6.68. The molecule has 0 aliphatic carbocycles. The molecule has 0 radical (unpaired) electrons. The summed E-state index contributed by atoms with van der Waals surface area (Å²) in [5, 5.41) is 2.64. The van der Waals surface area contributed by atoms with E-state index < -0.39 is 0 Å². The number of carbonyl (C=O) groups is 1. The minimum Gasteiger partial charge on any atom is -0.482 e. The van der Waals surface area contributed by atoms with Crippen LogP contribution in [-0.4, -0.2) is 32.8 Å². The third kappa shape index (κ3) is 4.18. The van der Waals surface area contributed by atoms with E-state index in [9.17, 15) is 4.79 Å². The monoisotopic (exact) mass is 224 g/mol. The number of nitrogen functional groups attached to an aromatic ring is 1. The van der Waals surface area contributed by atoms with Crippen molar-refractivity contribution in [2.24, 2.45) is 0 Å². The van der Waals surface area contributed by atoms with Crippen molar-refractivity contribution in [3.8, 4) is 5.75 Å². The molecule has 0 unspecified atom stereocenters. The number of nitrogens with two attached hydrogens (primary N) is 1. The Hall–Kier alpha value is -1.75. The van der Waals surface area contributed by atoms with E-state index in [0.717, 1.165) is 0 Å². The summed E-state index contributed by atoms with van der Waals surface area (Å²) in [6, 6.07) is 7.05. The first-order valence-electron chi connectivity index (χ1n) is 4.97. The Morgan fingerprint density at radius 3 is 2.88 bits per heavy atom. The molecular weight excluding hydrogens is 208 g/mol. The Morgan fingerprint density at radius 2 is 2.19 bits per heavy atom. The summed E-state index contributed by atoms with van der Waals surface area (Å²) >= 11 is 0. The molecule has 0 fully saturated rings. The van der Waals surface area contributed by atoms with Crippen molar-refractivity contribution in [3.05, 3.63) is 24.3 Å². The molecule has 0 aliphatic rings. The van der Waals surface area contributed by atoms with Crippen LogP contribution in [0.3, 0.4) is 0 Å². The van der Waals surface area contributed by atoms with Gasteiger partial charge < -0.3 is 20.5 Å². The van der Waals surface area contributed by atoms with Gasteiger partial charge in [0.05, 0.1) is 12.3 Å². The van der Waals surface area contributed by atoms with Crippen molar-refractivity contribution in [3.63, 3.8) is 0 Å². The van der Waals surface area contributed by atoms with Gasteiger partial charge in [-0.25, -0.2) is 0 Å². The van der Waals surface area contributed by atoms with Crippen LogP contribution in [0.4, 0.5) is 5.69 Å². The highest BCUT2D eigenvalue weighted by Gasteiger charge is 2.03. The number of anilines is 1. The van der Waals surface area contributed by atoms with Crippen LogP contribution in [-0.2, 0) is 9.53 Å². The second-order valence-corrected chi connectivity index (χ2v) is 3.17. The quantitative estimate of drug-likeness (QED) is 0.542. The zero-order valence-electron chi connectivity index (χ0n) is 9.23. The van der Waals surface area contributed by atoms with E-state index in [-0.39, 0.29) is 12.5 Å². The normalized spacial score (nSPS) is 9.81. The molecule has 0 aliphatic heterocycles. The highest BCUT2D eigenvalue weighted by atomic mass is 16.5. The lowest BCUT2D eigenvalue weighted by molar-refractivity contribution is -0.123. The maximum Gasteiger partial charge on any atom is 0.258 e. The lowest BCUT2D eigenvalue weighted by Gasteiger charge is -2.08. The Bertz CT molecular complexity index is 342. The summed E-state index contributed by atoms with van der Waals surface area (Å²) in [7, 11) is 1.58. The zero-order chi connectivity index (χ0) is 11.8. The van der Waals surface area contributed by atoms with Gasteiger partial charge in [-0.1, -0.05) is 12.1 Å². The van der Waals surface area contributed by atoms with E-state index in [4.69, 9.17) is 15.2 Å². The summed E-state index contributed by atoms with van der Waals surface area (Å²) < 4.78 is 10.0. The summed E-state index contributed by atoms with van der Waals surface area (Å²) in [6.45, 7) is 0.917. The molecule has 0 aromatic heterocycles. The van der Waals surface area contributed by atoms with Crippen molar-refractivity contribution in [1.82, 2.24) is 5.32 Å². The predicted molar refractivity (Wildman–Crippen MR) is 61.2 cm³/mol. The molecule has 0 heterocycles. The van der Waals surface area contributed by atoms with Crippen LogP contribution >= 0.6 is 0 Å². The Kier molecular flexibility index (Phi) is 5.15. The van der Waals surface area contributed by atoms with E-state index in [1.807, 2.05) is 0 Å². The van der Waals surface area contributed by atoms with Crippen LogP contribution in [0.2, 0.25) is 0 Å². The van der Waals surface area contributed by atoms with E-state index in [1.165, 1.54) is 0 Å². The molecule has 16 heavy (non-hydrogen) atoms. The van der Waals surface area contributed by atoms with Crippen molar-refractivity contribution < 1.29 is 14.3 Å². The summed E-state index contributed by atoms with van der Waals surface area (Å²) in [6.07, 6.45) is 0. The molecule has 0 saturated carbocycles. The number of hydrogen-bond donors (Lipinski definition) is 2. The fourth-order valence-corrected chi connectivity index (χ4v) is 1.10. The van der Waals surface area contributed by atoms with Crippen molar-refractivity contribution in [2.45, 2.75) is 0 Å². The maximum atomic E-state index is 11.3. The summed E-state index contributed by atoms with van der Waals surface area (Å²) in [4.78, 5) is 11.3. The highest BCUT2D eigenvalue weighted by Crippen LogP contribution is 2.19. The summed E-state index contributed by atoms with van der Waals surface area (Å²) in [5.74, 6) is 0.324. The SMILES string of the molecule is COCCNC(=O)COc1ccccc1N. The van der Waals surface area contributed by atoms with Gasteiger partial charge in [-0.2, -0.15) is 0 Å². The third-order valence-electron chi connectivity index (χ3n) is 1.91. The molecule has 1 aromatic carbocycles. The van der Waals surface area contributed by atoms with Crippen LogP contribution in [0.25, 0.3) is 0 Å². The first-order valence-corrected chi connectivity index (χ1v) is 4.97. The average molecular weight is 224 g/mol. The van der Waals surface area contributed by atoms with Crippen LogP contribution in [0, 0.1) is 0 Å². The number of methoxy groups -OCH3 is 1. The first-order chi connectivity index (χ1) is 7.74. The molecule has 5 heteroatoms. The zero-order valence-corrected chi connectivity index (χ0v) is 9.23. The van der Waals surface area contributed by atoms with E-state index in [1.54, 1.807) is 31.4 Å². The molecule has 5 nitrogen and oxygen atoms in total. The second-order valence-electron chi connectivity index (χ2n) is 3.17.